The normalized spacial score (nSPS) is 15.5. The molecule has 1 amide bonds. The third kappa shape index (κ3) is 4.46. The number of benzene rings is 1. The highest BCUT2D eigenvalue weighted by atomic mass is 16.5. The molecule has 1 aromatic heterocycles. The molecule has 1 aliphatic carbocycles. The van der Waals surface area contributed by atoms with Gasteiger partial charge in [-0.25, -0.2) is 4.98 Å². The minimum absolute atomic E-state index is 0.0532. The van der Waals surface area contributed by atoms with Gasteiger partial charge in [-0.2, -0.15) is 0 Å². The van der Waals surface area contributed by atoms with E-state index in [-0.39, 0.29) is 18.2 Å². The van der Waals surface area contributed by atoms with Crippen LogP contribution in [0.25, 0.3) is 11.0 Å². The summed E-state index contributed by atoms with van der Waals surface area (Å²) in [6.07, 6.45) is 5.73. The number of rotatable bonds is 6. The highest BCUT2D eigenvalue weighted by Crippen LogP contribution is 2.28. The van der Waals surface area contributed by atoms with Crippen LogP contribution < -0.4 is 4.74 Å². The number of fused-ring (bicyclic) bond motifs is 1. The summed E-state index contributed by atoms with van der Waals surface area (Å²) >= 11 is 0. The van der Waals surface area contributed by atoms with E-state index in [1.54, 1.807) is 11.7 Å². The van der Waals surface area contributed by atoms with Crippen LogP contribution in [0.3, 0.4) is 0 Å². The van der Waals surface area contributed by atoms with Gasteiger partial charge in [0.2, 0.25) is 11.7 Å². The van der Waals surface area contributed by atoms with Crippen molar-refractivity contribution in [1.82, 2.24) is 14.5 Å². The van der Waals surface area contributed by atoms with E-state index in [0.29, 0.717) is 29.7 Å². The molecule has 1 fully saturated rings. The van der Waals surface area contributed by atoms with E-state index in [4.69, 9.17) is 4.74 Å². The third-order valence-corrected chi connectivity index (χ3v) is 5.81. The molecule has 29 heavy (non-hydrogen) atoms. The molecule has 0 radical (unpaired) electrons. The van der Waals surface area contributed by atoms with Crippen LogP contribution in [0.2, 0.25) is 0 Å². The lowest BCUT2D eigenvalue weighted by molar-refractivity contribution is -0.134. The number of methoxy groups -OCH3 is 1. The highest BCUT2D eigenvalue weighted by molar-refractivity contribution is 6.00. The number of carbonyl (C=O) groups excluding carboxylic acids is 2. The number of ketones is 1. The average molecular weight is 400 g/mol. The van der Waals surface area contributed by atoms with E-state index in [0.717, 1.165) is 18.4 Å². The highest BCUT2D eigenvalue weighted by Gasteiger charge is 2.31. The molecule has 0 spiro atoms. The summed E-state index contributed by atoms with van der Waals surface area (Å²) < 4.78 is 7.09. The van der Waals surface area contributed by atoms with Crippen molar-refractivity contribution in [2.75, 3.05) is 13.7 Å². The van der Waals surface area contributed by atoms with Crippen molar-refractivity contribution in [3.8, 4) is 5.75 Å². The SMILES string of the molecule is CCN(C(=O)Cn1c(C(=O)C(C)(C)C)nc2cc(OC)ccc21)C1CCCCC1. The number of imidazole rings is 1. The molecule has 1 aliphatic rings. The third-order valence-electron chi connectivity index (χ3n) is 5.81. The number of ether oxygens (including phenoxy) is 1. The van der Waals surface area contributed by atoms with Gasteiger partial charge < -0.3 is 14.2 Å². The Morgan fingerprint density at radius 3 is 2.48 bits per heavy atom. The summed E-state index contributed by atoms with van der Waals surface area (Å²) in [5, 5.41) is 0. The maximum atomic E-state index is 13.3. The van der Waals surface area contributed by atoms with Gasteiger partial charge in [0.25, 0.3) is 0 Å². The molecule has 1 heterocycles. The molecule has 6 nitrogen and oxygen atoms in total. The first-order valence-electron chi connectivity index (χ1n) is 10.6. The van der Waals surface area contributed by atoms with Crippen molar-refractivity contribution in [1.29, 1.82) is 0 Å². The fourth-order valence-corrected chi connectivity index (χ4v) is 4.16. The second-order valence-corrected chi connectivity index (χ2v) is 8.93. The number of nitrogens with zero attached hydrogens (tertiary/aromatic N) is 3. The van der Waals surface area contributed by atoms with Gasteiger partial charge in [0.15, 0.2) is 5.82 Å². The van der Waals surface area contributed by atoms with E-state index in [9.17, 15) is 9.59 Å². The Morgan fingerprint density at radius 1 is 1.21 bits per heavy atom. The summed E-state index contributed by atoms with van der Waals surface area (Å²) in [5.74, 6) is 1.01. The predicted molar refractivity (Wildman–Crippen MR) is 114 cm³/mol. The summed E-state index contributed by atoms with van der Waals surface area (Å²) in [6.45, 7) is 8.48. The quantitative estimate of drug-likeness (QED) is 0.673. The first-order chi connectivity index (χ1) is 13.8. The Bertz CT molecular complexity index is 889. The Hall–Kier alpha value is -2.37. The van der Waals surface area contributed by atoms with Crippen LogP contribution in [0.1, 0.15) is 70.4 Å². The maximum Gasteiger partial charge on any atom is 0.242 e. The summed E-state index contributed by atoms with van der Waals surface area (Å²) in [4.78, 5) is 33.0. The standard InChI is InChI=1S/C23H33N3O3/c1-6-25(16-10-8-7-9-11-16)20(27)15-26-19-13-12-17(29-5)14-18(19)24-22(26)21(28)23(2,3)4/h12-14,16H,6-11,15H2,1-5H3. The molecule has 0 bridgehead atoms. The van der Waals surface area contributed by atoms with Gasteiger partial charge in [-0.15, -0.1) is 0 Å². The zero-order chi connectivity index (χ0) is 21.2. The van der Waals surface area contributed by atoms with E-state index in [1.165, 1.54) is 19.3 Å². The molecule has 0 unspecified atom stereocenters. The van der Waals surface area contributed by atoms with Crippen molar-refractivity contribution < 1.29 is 14.3 Å². The molecule has 3 rings (SSSR count). The average Bonchev–Trinajstić information content (AvgIpc) is 3.05. The van der Waals surface area contributed by atoms with Gasteiger partial charge in [-0.05, 0) is 31.9 Å². The monoisotopic (exact) mass is 399 g/mol. The number of Topliss-reactive ketones (excluding diaryl/α,β-unsaturated/α-hetero) is 1. The molecule has 0 atom stereocenters. The molecular formula is C23H33N3O3. The van der Waals surface area contributed by atoms with Gasteiger partial charge in [0.1, 0.15) is 12.3 Å². The number of carbonyl (C=O) groups is 2. The molecule has 6 heteroatoms. The van der Waals surface area contributed by atoms with Gasteiger partial charge in [0.05, 0.1) is 18.1 Å². The number of amides is 1. The van der Waals surface area contributed by atoms with E-state index in [1.807, 2.05) is 50.8 Å². The summed E-state index contributed by atoms with van der Waals surface area (Å²) in [6, 6.07) is 5.84. The largest absolute Gasteiger partial charge is 0.497 e. The van der Waals surface area contributed by atoms with Crippen molar-refractivity contribution in [3.63, 3.8) is 0 Å². The van der Waals surface area contributed by atoms with Crippen LogP contribution >= 0.6 is 0 Å². The van der Waals surface area contributed by atoms with E-state index in [2.05, 4.69) is 4.98 Å². The number of hydrogen-bond donors (Lipinski definition) is 0. The summed E-state index contributed by atoms with van der Waals surface area (Å²) in [7, 11) is 1.60. The topological polar surface area (TPSA) is 64.4 Å². The molecule has 0 aliphatic heterocycles. The zero-order valence-corrected chi connectivity index (χ0v) is 18.3. The molecule has 2 aromatic rings. The predicted octanol–water partition coefficient (Wildman–Crippen LogP) is 4.45. The fourth-order valence-electron chi connectivity index (χ4n) is 4.16. The van der Waals surface area contributed by atoms with Crippen LogP contribution in [0.5, 0.6) is 5.75 Å². The van der Waals surface area contributed by atoms with Crippen molar-refractivity contribution in [2.45, 2.75) is 72.4 Å². The van der Waals surface area contributed by atoms with Gasteiger partial charge in [0, 0.05) is 24.1 Å². The van der Waals surface area contributed by atoms with Crippen LogP contribution in [-0.4, -0.2) is 45.8 Å². The number of aromatic nitrogens is 2. The van der Waals surface area contributed by atoms with Crippen LogP contribution in [0.4, 0.5) is 0 Å². The summed E-state index contributed by atoms with van der Waals surface area (Å²) in [5.41, 5.74) is 0.872. The van der Waals surface area contributed by atoms with Crippen molar-refractivity contribution in [3.05, 3.63) is 24.0 Å². The van der Waals surface area contributed by atoms with Crippen molar-refractivity contribution >= 4 is 22.7 Å². The number of hydrogen-bond acceptors (Lipinski definition) is 4. The molecule has 158 valence electrons. The molecule has 0 saturated heterocycles. The van der Waals surface area contributed by atoms with E-state index >= 15 is 0 Å². The minimum atomic E-state index is -0.583. The van der Waals surface area contributed by atoms with Crippen LogP contribution in [-0.2, 0) is 11.3 Å². The molecular weight excluding hydrogens is 366 g/mol. The smallest absolute Gasteiger partial charge is 0.242 e. The first-order valence-corrected chi connectivity index (χ1v) is 10.6. The Kier molecular flexibility index (Phi) is 6.30. The van der Waals surface area contributed by atoms with Crippen LogP contribution in [0.15, 0.2) is 18.2 Å². The second kappa shape index (κ2) is 8.56. The maximum absolute atomic E-state index is 13.3. The molecule has 1 saturated carbocycles. The first kappa shape index (κ1) is 21.3. The van der Waals surface area contributed by atoms with Crippen molar-refractivity contribution in [2.24, 2.45) is 5.41 Å². The van der Waals surface area contributed by atoms with Gasteiger partial charge in [-0.1, -0.05) is 40.0 Å². The second-order valence-electron chi connectivity index (χ2n) is 8.93. The van der Waals surface area contributed by atoms with Gasteiger partial charge in [-0.3, -0.25) is 9.59 Å². The van der Waals surface area contributed by atoms with Crippen LogP contribution in [0, 0.1) is 5.41 Å². The zero-order valence-electron chi connectivity index (χ0n) is 18.3. The fraction of sp³-hybridized carbons (Fsp3) is 0.609. The molecule has 0 N–H and O–H groups in total. The lowest BCUT2D eigenvalue weighted by atomic mass is 9.90. The molecule has 1 aromatic carbocycles. The number of likely N-dealkylation sites (N-methyl/N-ethyl adjacent to an activating group) is 1. The van der Waals surface area contributed by atoms with E-state index < -0.39 is 5.41 Å². The Balaban J connectivity index is 1.99. The Labute approximate surface area is 173 Å². The lowest BCUT2D eigenvalue weighted by Crippen LogP contribution is -2.43. The van der Waals surface area contributed by atoms with Gasteiger partial charge >= 0.3 is 0 Å². The lowest BCUT2D eigenvalue weighted by Gasteiger charge is -2.34. The Morgan fingerprint density at radius 2 is 1.90 bits per heavy atom. The minimum Gasteiger partial charge on any atom is -0.497 e.